The molecule has 0 fully saturated rings. The molecule has 0 bridgehead atoms. The van der Waals surface area contributed by atoms with Crippen LogP contribution < -0.4 is 0 Å². The van der Waals surface area contributed by atoms with Gasteiger partial charge in [0.2, 0.25) is 0 Å². The average molecular weight is 492 g/mol. The van der Waals surface area contributed by atoms with Gasteiger partial charge in [-0.3, -0.25) is 0 Å². The molecule has 0 spiro atoms. The first-order chi connectivity index (χ1) is 10.7. The van der Waals surface area contributed by atoms with Crippen molar-refractivity contribution in [3.63, 3.8) is 0 Å². The molecule has 0 radical (unpaired) electrons. The Kier molecular flexibility index (Phi) is 4.39. The Balaban J connectivity index is 1.69. The smallest absolute Gasteiger partial charge is 0.120 e. The van der Waals surface area contributed by atoms with E-state index in [0.717, 1.165) is 40.8 Å². The van der Waals surface area contributed by atoms with Gasteiger partial charge in [0.05, 0.1) is 23.5 Å². The molecule has 0 aliphatic rings. The van der Waals surface area contributed by atoms with Crippen LogP contribution in [-0.2, 0) is 0 Å². The van der Waals surface area contributed by atoms with Gasteiger partial charge in [-0.25, -0.2) is 0 Å². The molecule has 0 saturated heterocycles. The summed E-state index contributed by atoms with van der Waals surface area (Å²) >= 11 is 9.47. The van der Waals surface area contributed by atoms with E-state index in [1.165, 1.54) is 23.5 Å². The molecular weight excluding hydrogens is 488 g/mol. The molecule has 10 heteroatoms. The summed E-state index contributed by atoms with van der Waals surface area (Å²) in [5, 5.41) is 0. The first kappa shape index (κ1) is 15.3. The van der Waals surface area contributed by atoms with Crippen molar-refractivity contribution in [2.24, 2.45) is 0 Å². The van der Waals surface area contributed by atoms with Crippen LogP contribution in [0.1, 0.15) is 0 Å². The number of fused-ring (bicyclic) bond motifs is 2. The molecule has 0 aliphatic carbocycles. The van der Waals surface area contributed by atoms with Gasteiger partial charge in [0.15, 0.2) is 0 Å². The van der Waals surface area contributed by atoms with Crippen LogP contribution in [-0.4, -0.2) is 17.5 Å². The van der Waals surface area contributed by atoms with Crippen LogP contribution in [0.3, 0.4) is 0 Å². The summed E-state index contributed by atoms with van der Waals surface area (Å²) in [6.45, 7) is 0. The monoisotopic (exact) mass is 490 g/mol. The fourth-order valence-electron chi connectivity index (χ4n) is 1.85. The third-order valence-electron chi connectivity index (χ3n) is 2.88. The van der Waals surface area contributed by atoms with Gasteiger partial charge in [-0.15, -0.1) is 0 Å². The van der Waals surface area contributed by atoms with E-state index in [1.807, 2.05) is 12.1 Å². The Labute approximate surface area is 158 Å². The maximum absolute atomic E-state index is 4.39. The zero-order valence-corrected chi connectivity index (χ0v) is 16.9. The molecule has 0 atom stereocenters. The second-order valence-electron chi connectivity index (χ2n) is 4.18. The van der Waals surface area contributed by atoms with Gasteiger partial charge in [0, 0.05) is 18.7 Å². The number of nitrogens with zero attached hydrogens (tertiary/aromatic N) is 4. The molecule has 0 N–H and O–H groups in total. The third-order valence-corrected chi connectivity index (χ3v) is 7.64. The number of rotatable bonds is 3. The van der Waals surface area contributed by atoms with Gasteiger partial charge in [-0.2, -0.15) is 17.5 Å². The van der Waals surface area contributed by atoms with Crippen molar-refractivity contribution < 1.29 is 0 Å². The number of halogens is 2. The molecule has 2 heterocycles. The van der Waals surface area contributed by atoms with E-state index in [1.54, 1.807) is 21.6 Å². The van der Waals surface area contributed by atoms with Crippen molar-refractivity contribution in [3.05, 3.63) is 33.2 Å². The van der Waals surface area contributed by atoms with Crippen LogP contribution in [0.15, 0.2) is 43.0 Å². The lowest BCUT2D eigenvalue weighted by Crippen LogP contribution is -1.79. The Bertz CT molecular complexity index is 904. The molecule has 22 heavy (non-hydrogen) atoms. The van der Waals surface area contributed by atoms with Crippen LogP contribution in [0.25, 0.3) is 22.1 Å². The highest BCUT2D eigenvalue weighted by Crippen LogP contribution is 2.44. The highest BCUT2D eigenvalue weighted by Gasteiger charge is 2.13. The molecule has 0 amide bonds. The zero-order chi connectivity index (χ0) is 15.1. The second-order valence-corrected chi connectivity index (χ2v) is 9.16. The Morgan fingerprint density at radius 2 is 1.05 bits per heavy atom. The fraction of sp³-hybridized carbons (Fsp3) is 0. The molecule has 0 unspecified atom stereocenters. The molecule has 0 aliphatic heterocycles. The first-order valence-corrected chi connectivity index (χ1v) is 11.1. The minimum atomic E-state index is 0.909. The minimum Gasteiger partial charge on any atom is -0.172 e. The maximum atomic E-state index is 4.39. The minimum absolute atomic E-state index is 0.909. The van der Waals surface area contributed by atoms with Gasteiger partial charge in [-0.05, 0) is 56.1 Å². The van der Waals surface area contributed by atoms with E-state index >= 15 is 0 Å². The Morgan fingerprint density at radius 3 is 1.50 bits per heavy atom. The highest BCUT2D eigenvalue weighted by molar-refractivity contribution is 9.11. The zero-order valence-electron chi connectivity index (χ0n) is 10.5. The van der Waals surface area contributed by atoms with Crippen molar-refractivity contribution in [2.75, 3.05) is 0 Å². The van der Waals surface area contributed by atoms with Crippen molar-refractivity contribution in [2.45, 2.75) is 9.79 Å². The highest BCUT2D eigenvalue weighted by atomic mass is 79.9. The van der Waals surface area contributed by atoms with Crippen molar-refractivity contribution >= 4 is 99.0 Å². The van der Waals surface area contributed by atoms with Crippen LogP contribution in [0.2, 0.25) is 0 Å². The van der Waals surface area contributed by atoms with Crippen LogP contribution in [0.4, 0.5) is 0 Å². The third kappa shape index (κ3) is 2.69. The van der Waals surface area contributed by atoms with Gasteiger partial charge >= 0.3 is 0 Å². The summed E-state index contributed by atoms with van der Waals surface area (Å²) in [7, 11) is 3.32. The Morgan fingerprint density at radius 1 is 0.636 bits per heavy atom. The molecule has 0 saturated carbocycles. The summed E-state index contributed by atoms with van der Waals surface area (Å²) in [4.78, 5) is 2.19. The number of benzene rings is 2. The lowest BCUT2D eigenvalue weighted by atomic mass is 10.3. The standard InChI is InChI=1S/C12H4Br2N4S4/c13-5-1-3-7(11-9(5)15-21-17-11)19-20-8-4-2-6(14)10-12(8)18-22-16-10/h1-4H. The summed E-state index contributed by atoms with van der Waals surface area (Å²) in [5.41, 5.74) is 3.68. The predicted molar refractivity (Wildman–Crippen MR) is 102 cm³/mol. The van der Waals surface area contributed by atoms with Crippen LogP contribution in [0.5, 0.6) is 0 Å². The van der Waals surface area contributed by atoms with Gasteiger partial charge in [0.1, 0.15) is 22.1 Å². The normalized spacial score (nSPS) is 11.5. The summed E-state index contributed by atoms with van der Waals surface area (Å²) < 4.78 is 19.4. The largest absolute Gasteiger partial charge is 0.172 e. The topological polar surface area (TPSA) is 51.6 Å². The van der Waals surface area contributed by atoms with E-state index in [9.17, 15) is 0 Å². The van der Waals surface area contributed by atoms with Gasteiger partial charge in [0.25, 0.3) is 0 Å². The summed E-state index contributed by atoms with van der Waals surface area (Å²) in [6.07, 6.45) is 0. The average Bonchev–Trinajstić information content (AvgIpc) is 3.18. The summed E-state index contributed by atoms with van der Waals surface area (Å²) in [6, 6.07) is 8.13. The molecular formula is C12H4Br2N4S4. The van der Waals surface area contributed by atoms with Crippen molar-refractivity contribution in [3.8, 4) is 0 Å². The van der Waals surface area contributed by atoms with Gasteiger partial charge in [-0.1, -0.05) is 21.6 Å². The lowest BCUT2D eigenvalue weighted by Gasteiger charge is -2.04. The Hall–Kier alpha value is -0.260. The first-order valence-electron chi connectivity index (χ1n) is 5.90. The van der Waals surface area contributed by atoms with Crippen molar-refractivity contribution in [1.29, 1.82) is 0 Å². The molecule has 4 rings (SSSR count). The maximum Gasteiger partial charge on any atom is 0.120 e. The predicted octanol–water partition coefficient (Wildman–Crippen LogP) is 6.02. The number of hydrogen-bond donors (Lipinski definition) is 0. The van der Waals surface area contributed by atoms with Crippen LogP contribution in [0, 0.1) is 0 Å². The van der Waals surface area contributed by atoms with E-state index in [0.29, 0.717) is 0 Å². The molecule has 2 aromatic carbocycles. The van der Waals surface area contributed by atoms with E-state index in [2.05, 4.69) is 61.5 Å². The quantitative estimate of drug-likeness (QED) is 0.326. The molecule has 4 nitrogen and oxygen atoms in total. The molecule has 2 aromatic heterocycles. The summed E-state index contributed by atoms with van der Waals surface area (Å²) in [5.74, 6) is 0. The van der Waals surface area contributed by atoms with E-state index in [4.69, 9.17) is 0 Å². The SMILES string of the molecule is Brc1ccc(SSc2ccc(Br)c3nsnc23)c2nsnc12. The van der Waals surface area contributed by atoms with E-state index in [-0.39, 0.29) is 0 Å². The molecule has 110 valence electrons. The van der Waals surface area contributed by atoms with Crippen LogP contribution >= 0.6 is 76.9 Å². The van der Waals surface area contributed by atoms with Gasteiger partial charge < -0.3 is 0 Å². The molecule has 4 aromatic rings. The number of aromatic nitrogens is 4. The van der Waals surface area contributed by atoms with E-state index < -0.39 is 0 Å². The second kappa shape index (κ2) is 6.33. The number of hydrogen-bond acceptors (Lipinski definition) is 8. The van der Waals surface area contributed by atoms with Crippen molar-refractivity contribution in [1.82, 2.24) is 17.5 Å². The lowest BCUT2D eigenvalue weighted by molar-refractivity contribution is 1.46. The fourth-order valence-corrected chi connectivity index (χ4v) is 6.38.